The van der Waals surface area contributed by atoms with Gasteiger partial charge in [0, 0.05) is 11.8 Å². The van der Waals surface area contributed by atoms with Gasteiger partial charge in [0.2, 0.25) is 5.91 Å². The third kappa shape index (κ3) is 6.50. The predicted octanol–water partition coefficient (Wildman–Crippen LogP) is 4.20. The van der Waals surface area contributed by atoms with Crippen LogP contribution in [0.25, 0.3) is 0 Å². The zero-order valence-corrected chi connectivity index (χ0v) is 17.2. The van der Waals surface area contributed by atoms with Crippen LogP contribution >= 0.6 is 11.8 Å². The lowest BCUT2D eigenvalue weighted by atomic mass is 10.0. The van der Waals surface area contributed by atoms with Gasteiger partial charge in [-0.2, -0.15) is 0 Å². The third-order valence-corrected chi connectivity index (χ3v) is 4.98. The monoisotopic (exact) mass is 409 g/mol. The quantitative estimate of drug-likeness (QED) is 0.430. The first-order chi connectivity index (χ1) is 14.0. The van der Waals surface area contributed by atoms with Crippen LogP contribution in [0.15, 0.2) is 70.6 Å². The van der Waals surface area contributed by atoms with Crippen LogP contribution in [0.5, 0.6) is 5.75 Å². The summed E-state index contributed by atoms with van der Waals surface area (Å²) in [6.07, 6.45) is 0. The molecule has 0 saturated carbocycles. The predicted molar refractivity (Wildman–Crippen MR) is 116 cm³/mol. The number of aromatic amines is 1. The van der Waals surface area contributed by atoms with Crippen molar-refractivity contribution < 1.29 is 9.53 Å². The minimum atomic E-state index is -0.279. The molecule has 1 amide bonds. The fourth-order valence-electron chi connectivity index (χ4n) is 2.58. The minimum absolute atomic E-state index is 0.137. The van der Waals surface area contributed by atoms with Gasteiger partial charge in [0.1, 0.15) is 12.4 Å². The van der Waals surface area contributed by atoms with Crippen molar-refractivity contribution in [3.8, 4) is 5.75 Å². The molecular weight excluding hydrogens is 386 g/mol. The number of benzene rings is 2. The summed E-state index contributed by atoms with van der Waals surface area (Å²) in [6.45, 7) is 4.42. The van der Waals surface area contributed by atoms with E-state index in [2.05, 4.69) is 29.1 Å². The molecule has 0 saturated heterocycles. The van der Waals surface area contributed by atoms with Crippen molar-refractivity contribution in [2.45, 2.75) is 31.5 Å². The lowest BCUT2D eigenvalue weighted by molar-refractivity contribution is -0.113. The largest absolute Gasteiger partial charge is 0.487 e. The maximum absolute atomic E-state index is 12.2. The van der Waals surface area contributed by atoms with E-state index in [1.54, 1.807) is 0 Å². The van der Waals surface area contributed by atoms with Crippen LogP contribution in [0.4, 0.5) is 5.69 Å². The molecule has 150 valence electrons. The van der Waals surface area contributed by atoms with Gasteiger partial charge in [-0.1, -0.05) is 55.9 Å². The summed E-state index contributed by atoms with van der Waals surface area (Å²) in [7, 11) is 0. The summed E-state index contributed by atoms with van der Waals surface area (Å²) < 4.78 is 5.63. The number of rotatable bonds is 8. The number of nitrogens with zero attached hydrogens (tertiary/aromatic N) is 1. The average Bonchev–Trinajstić information content (AvgIpc) is 2.72. The molecule has 7 heteroatoms. The Hall–Kier alpha value is -3.06. The van der Waals surface area contributed by atoms with Gasteiger partial charge in [-0.15, -0.1) is 0 Å². The second kappa shape index (κ2) is 9.93. The molecule has 6 nitrogen and oxygen atoms in total. The number of H-pyrrole nitrogens is 1. The van der Waals surface area contributed by atoms with Gasteiger partial charge in [-0.3, -0.25) is 9.59 Å². The van der Waals surface area contributed by atoms with Crippen molar-refractivity contribution in [1.82, 2.24) is 9.97 Å². The Morgan fingerprint density at radius 2 is 1.86 bits per heavy atom. The Morgan fingerprint density at radius 3 is 2.55 bits per heavy atom. The van der Waals surface area contributed by atoms with E-state index in [4.69, 9.17) is 4.74 Å². The van der Waals surface area contributed by atoms with E-state index in [0.717, 1.165) is 5.69 Å². The smallest absolute Gasteiger partial charge is 0.251 e. The van der Waals surface area contributed by atoms with Gasteiger partial charge in [-0.05, 0) is 35.7 Å². The molecule has 2 aromatic carbocycles. The van der Waals surface area contributed by atoms with E-state index in [0.29, 0.717) is 22.5 Å². The van der Waals surface area contributed by atoms with Gasteiger partial charge >= 0.3 is 0 Å². The summed E-state index contributed by atoms with van der Waals surface area (Å²) in [6, 6.07) is 18.5. The maximum atomic E-state index is 12.2. The highest BCUT2D eigenvalue weighted by atomic mass is 32.2. The number of anilines is 1. The SMILES string of the molecule is CC(C)c1ccc(NC(=O)CSc2nc(COc3ccccc3)cc(=O)[nH]2)cc1. The molecule has 0 aliphatic rings. The Bertz CT molecular complexity index is 1000. The van der Waals surface area contributed by atoms with E-state index in [1.807, 2.05) is 54.6 Å². The van der Waals surface area contributed by atoms with Crippen LogP contribution in [0.3, 0.4) is 0 Å². The minimum Gasteiger partial charge on any atom is -0.487 e. The van der Waals surface area contributed by atoms with Gasteiger partial charge in [-0.25, -0.2) is 4.98 Å². The topological polar surface area (TPSA) is 84.1 Å². The first-order valence-electron chi connectivity index (χ1n) is 9.30. The zero-order valence-electron chi connectivity index (χ0n) is 16.3. The zero-order chi connectivity index (χ0) is 20.6. The van der Waals surface area contributed by atoms with Crippen LogP contribution < -0.4 is 15.6 Å². The van der Waals surface area contributed by atoms with Crippen molar-refractivity contribution in [3.63, 3.8) is 0 Å². The van der Waals surface area contributed by atoms with E-state index in [9.17, 15) is 9.59 Å². The number of thioether (sulfide) groups is 1. The molecular formula is C22H23N3O3S. The molecule has 0 aliphatic carbocycles. The fraction of sp³-hybridized carbons (Fsp3) is 0.227. The van der Waals surface area contributed by atoms with E-state index >= 15 is 0 Å². The lowest BCUT2D eigenvalue weighted by Gasteiger charge is -2.09. The van der Waals surface area contributed by atoms with Crippen molar-refractivity contribution in [2.75, 3.05) is 11.1 Å². The Morgan fingerprint density at radius 1 is 1.14 bits per heavy atom. The van der Waals surface area contributed by atoms with Gasteiger partial charge in [0.25, 0.3) is 5.56 Å². The molecule has 0 spiro atoms. The Balaban J connectivity index is 1.54. The van der Waals surface area contributed by atoms with E-state index in [1.165, 1.54) is 23.4 Å². The fourth-order valence-corrected chi connectivity index (χ4v) is 3.28. The summed E-state index contributed by atoms with van der Waals surface area (Å²) in [5, 5.41) is 3.23. The molecule has 2 N–H and O–H groups in total. The number of hydrogen-bond donors (Lipinski definition) is 2. The number of hydrogen-bond acceptors (Lipinski definition) is 5. The number of nitrogens with one attached hydrogen (secondary N) is 2. The molecule has 1 heterocycles. The number of carbonyl (C=O) groups is 1. The molecule has 0 fully saturated rings. The van der Waals surface area contributed by atoms with Gasteiger partial charge in [0.15, 0.2) is 5.16 Å². The van der Waals surface area contributed by atoms with E-state index in [-0.39, 0.29) is 23.8 Å². The van der Waals surface area contributed by atoms with Crippen LogP contribution in [-0.4, -0.2) is 21.6 Å². The normalized spacial score (nSPS) is 10.7. The summed E-state index contributed by atoms with van der Waals surface area (Å²) >= 11 is 1.17. The number of para-hydroxylation sites is 1. The average molecular weight is 410 g/mol. The lowest BCUT2D eigenvalue weighted by Crippen LogP contribution is -2.16. The van der Waals surface area contributed by atoms with Crippen molar-refractivity contribution in [2.24, 2.45) is 0 Å². The second-order valence-electron chi connectivity index (χ2n) is 6.76. The van der Waals surface area contributed by atoms with Crippen LogP contribution in [0.1, 0.15) is 31.0 Å². The number of ether oxygens (including phenoxy) is 1. The first kappa shape index (κ1) is 20.7. The summed E-state index contributed by atoms with van der Waals surface area (Å²) in [4.78, 5) is 31.1. The van der Waals surface area contributed by atoms with Crippen LogP contribution in [0.2, 0.25) is 0 Å². The number of carbonyl (C=O) groups excluding carboxylic acids is 1. The Labute approximate surface area is 173 Å². The van der Waals surface area contributed by atoms with Crippen molar-refractivity contribution in [3.05, 3.63) is 82.3 Å². The van der Waals surface area contributed by atoms with E-state index < -0.39 is 0 Å². The molecule has 3 aromatic rings. The summed E-state index contributed by atoms with van der Waals surface area (Å²) in [5.74, 6) is 1.11. The Kier molecular flexibility index (Phi) is 7.08. The standard InChI is InChI=1S/C22H23N3O3S/c1-15(2)16-8-10-17(11-9-16)23-21(27)14-29-22-24-18(12-20(26)25-22)13-28-19-6-4-3-5-7-19/h3-12,15H,13-14H2,1-2H3,(H,23,27)(H,24,25,26). The maximum Gasteiger partial charge on any atom is 0.251 e. The van der Waals surface area contributed by atoms with Gasteiger partial charge < -0.3 is 15.0 Å². The number of aromatic nitrogens is 2. The van der Waals surface area contributed by atoms with Crippen molar-refractivity contribution in [1.29, 1.82) is 0 Å². The highest BCUT2D eigenvalue weighted by molar-refractivity contribution is 7.99. The van der Waals surface area contributed by atoms with Crippen molar-refractivity contribution >= 4 is 23.4 Å². The molecule has 0 aliphatic heterocycles. The molecule has 3 rings (SSSR count). The van der Waals surface area contributed by atoms with Crippen LogP contribution in [-0.2, 0) is 11.4 Å². The molecule has 0 bridgehead atoms. The second-order valence-corrected chi connectivity index (χ2v) is 7.72. The highest BCUT2D eigenvalue weighted by Gasteiger charge is 2.08. The molecule has 0 radical (unpaired) electrons. The van der Waals surface area contributed by atoms with Crippen LogP contribution in [0, 0.1) is 0 Å². The molecule has 1 aromatic heterocycles. The first-order valence-corrected chi connectivity index (χ1v) is 10.3. The molecule has 29 heavy (non-hydrogen) atoms. The molecule has 0 unspecified atom stereocenters. The van der Waals surface area contributed by atoms with Gasteiger partial charge in [0.05, 0.1) is 11.4 Å². The third-order valence-electron chi connectivity index (χ3n) is 4.10. The summed E-state index contributed by atoms with van der Waals surface area (Å²) in [5.41, 5.74) is 2.18. The molecule has 0 atom stereocenters. The highest BCUT2D eigenvalue weighted by Crippen LogP contribution is 2.18. The number of amides is 1.